The van der Waals surface area contributed by atoms with Crippen LogP contribution in [-0.4, -0.2) is 37.6 Å². The number of benzene rings is 1. The van der Waals surface area contributed by atoms with E-state index in [2.05, 4.69) is 29.4 Å². The summed E-state index contributed by atoms with van der Waals surface area (Å²) in [5.41, 5.74) is 4.17. The van der Waals surface area contributed by atoms with Crippen molar-refractivity contribution in [2.75, 3.05) is 26.0 Å². The van der Waals surface area contributed by atoms with E-state index in [1.54, 1.807) is 7.11 Å². The van der Waals surface area contributed by atoms with Gasteiger partial charge in [-0.2, -0.15) is 0 Å². The molecule has 1 aliphatic heterocycles. The third kappa shape index (κ3) is 2.79. The van der Waals surface area contributed by atoms with Crippen LogP contribution in [0.3, 0.4) is 0 Å². The van der Waals surface area contributed by atoms with Gasteiger partial charge in [-0.1, -0.05) is 25.7 Å². The van der Waals surface area contributed by atoms with Crippen LogP contribution in [0.4, 0.5) is 5.69 Å². The Morgan fingerprint density at radius 1 is 1.14 bits per heavy atom. The van der Waals surface area contributed by atoms with Crippen LogP contribution >= 0.6 is 0 Å². The molecule has 3 aliphatic carbocycles. The zero-order valence-electron chi connectivity index (χ0n) is 17.4. The van der Waals surface area contributed by atoms with Crippen molar-refractivity contribution in [2.24, 2.45) is 11.8 Å². The lowest BCUT2D eigenvalue weighted by atomic mass is 9.52. The van der Waals surface area contributed by atoms with Crippen LogP contribution in [0.1, 0.15) is 68.9 Å². The number of hydrogen-bond acceptors (Lipinski definition) is 3. The molecule has 2 saturated carbocycles. The fourth-order valence-electron chi connectivity index (χ4n) is 6.93. The first kappa shape index (κ1) is 18.5. The summed E-state index contributed by atoms with van der Waals surface area (Å²) in [6, 6.07) is 5.19. The van der Waals surface area contributed by atoms with Crippen LogP contribution in [-0.2, 0) is 16.6 Å². The Kier molecular flexibility index (Phi) is 4.65. The highest BCUT2D eigenvalue weighted by atomic mass is 16.5. The number of likely N-dealkylation sites (tertiary alicyclic amines) is 1. The predicted octanol–water partition coefficient (Wildman–Crippen LogP) is 4.51. The van der Waals surface area contributed by atoms with Crippen molar-refractivity contribution < 1.29 is 9.53 Å². The number of fused-ring (bicyclic) bond motifs is 1. The fourth-order valence-corrected chi connectivity index (χ4v) is 6.93. The minimum absolute atomic E-state index is 0.174. The third-order valence-electron chi connectivity index (χ3n) is 8.41. The molecule has 1 saturated heterocycles. The second-order valence-corrected chi connectivity index (χ2v) is 9.69. The Morgan fingerprint density at radius 3 is 2.71 bits per heavy atom. The first-order chi connectivity index (χ1) is 13.6. The number of piperidine rings is 1. The van der Waals surface area contributed by atoms with Gasteiger partial charge in [0.25, 0.3) is 0 Å². The standard InChI is InChI=1S/C24H34N2O2/c1-26-12-11-24-10-6-5-9-18(24)21(26)14-17-13-20(22(28-2)15-19(17)24)25-23(27)16-7-3-4-8-16/h13,15-16,18,21H,3-12,14H2,1-2H3,(H,25,27)/t18?,21-,24-/m0/s1. The lowest BCUT2D eigenvalue weighted by Gasteiger charge is -2.58. The van der Waals surface area contributed by atoms with E-state index in [1.165, 1.54) is 62.6 Å². The zero-order chi connectivity index (χ0) is 19.3. The number of rotatable bonds is 3. The summed E-state index contributed by atoms with van der Waals surface area (Å²) in [7, 11) is 4.05. The molecule has 1 N–H and O–H groups in total. The summed E-state index contributed by atoms with van der Waals surface area (Å²) in [5.74, 6) is 1.97. The molecule has 4 aliphatic rings. The molecule has 1 aromatic carbocycles. The Balaban J connectivity index is 1.53. The molecule has 5 rings (SSSR count). The summed E-state index contributed by atoms with van der Waals surface area (Å²) in [6.45, 7) is 1.20. The SMILES string of the molecule is COc1cc2c(cc1NC(=O)C1CCCC1)C[C@H]1C3CCCC[C@@]23CCN1C. The maximum Gasteiger partial charge on any atom is 0.227 e. The van der Waals surface area contributed by atoms with Crippen molar-refractivity contribution in [1.29, 1.82) is 0 Å². The first-order valence-corrected chi connectivity index (χ1v) is 11.3. The van der Waals surface area contributed by atoms with Gasteiger partial charge < -0.3 is 15.0 Å². The number of amides is 1. The molecule has 3 atom stereocenters. The molecular formula is C24H34N2O2. The molecule has 0 spiro atoms. The average molecular weight is 383 g/mol. The quantitative estimate of drug-likeness (QED) is 0.836. The van der Waals surface area contributed by atoms with Gasteiger partial charge in [-0.25, -0.2) is 0 Å². The van der Waals surface area contributed by atoms with E-state index >= 15 is 0 Å². The van der Waals surface area contributed by atoms with E-state index in [1.807, 2.05) is 0 Å². The number of methoxy groups -OCH3 is 1. The van der Waals surface area contributed by atoms with Crippen molar-refractivity contribution >= 4 is 11.6 Å². The highest BCUT2D eigenvalue weighted by molar-refractivity contribution is 5.94. The van der Waals surface area contributed by atoms with Gasteiger partial charge in [0.05, 0.1) is 12.8 Å². The van der Waals surface area contributed by atoms with Gasteiger partial charge in [-0.05, 0) is 81.3 Å². The highest BCUT2D eigenvalue weighted by Crippen LogP contribution is 2.56. The van der Waals surface area contributed by atoms with Crippen LogP contribution in [0, 0.1) is 11.8 Å². The van der Waals surface area contributed by atoms with Gasteiger partial charge in [0.2, 0.25) is 5.91 Å². The van der Waals surface area contributed by atoms with Crippen LogP contribution in [0.15, 0.2) is 12.1 Å². The second-order valence-electron chi connectivity index (χ2n) is 9.69. The van der Waals surface area contributed by atoms with E-state index < -0.39 is 0 Å². The third-order valence-corrected chi connectivity index (χ3v) is 8.41. The van der Waals surface area contributed by atoms with Gasteiger partial charge in [0.1, 0.15) is 5.75 Å². The maximum absolute atomic E-state index is 12.8. The largest absolute Gasteiger partial charge is 0.495 e. The molecule has 4 heteroatoms. The number of carbonyl (C=O) groups excluding carboxylic acids is 1. The van der Waals surface area contributed by atoms with Crippen molar-refractivity contribution in [3.05, 3.63) is 23.3 Å². The molecule has 1 amide bonds. The molecule has 2 bridgehead atoms. The molecule has 3 fully saturated rings. The predicted molar refractivity (Wildman–Crippen MR) is 112 cm³/mol. The fraction of sp³-hybridized carbons (Fsp3) is 0.708. The van der Waals surface area contributed by atoms with Crippen LogP contribution in [0.25, 0.3) is 0 Å². The highest BCUT2D eigenvalue weighted by Gasteiger charge is 2.53. The summed E-state index contributed by atoms with van der Waals surface area (Å²) in [4.78, 5) is 15.3. The van der Waals surface area contributed by atoms with Crippen molar-refractivity contribution in [1.82, 2.24) is 4.90 Å². The number of ether oxygens (including phenoxy) is 1. The minimum atomic E-state index is 0.174. The Labute approximate surface area is 169 Å². The Morgan fingerprint density at radius 2 is 1.93 bits per heavy atom. The summed E-state index contributed by atoms with van der Waals surface area (Å²) < 4.78 is 5.79. The Bertz CT molecular complexity index is 770. The van der Waals surface area contributed by atoms with E-state index in [9.17, 15) is 4.79 Å². The molecule has 28 heavy (non-hydrogen) atoms. The molecule has 4 nitrogen and oxygen atoms in total. The lowest BCUT2D eigenvalue weighted by Crippen LogP contribution is -2.59. The topological polar surface area (TPSA) is 41.6 Å². The van der Waals surface area contributed by atoms with Gasteiger partial charge in [0.15, 0.2) is 0 Å². The molecule has 0 radical (unpaired) electrons. The van der Waals surface area contributed by atoms with Crippen LogP contribution < -0.4 is 10.1 Å². The molecule has 1 aromatic rings. The molecule has 152 valence electrons. The number of nitrogens with zero attached hydrogens (tertiary/aromatic N) is 1. The minimum Gasteiger partial charge on any atom is -0.495 e. The lowest BCUT2D eigenvalue weighted by molar-refractivity contribution is -0.119. The second kappa shape index (κ2) is 7.05. The van der Waals surface area contributed by atoms with E-state index in [-0.39, 0.29) is 11.8 Å². The first-order valence-electron chi connectivity index (χ1n) is 11.3. The number of nitrogens with one attached hydrogen (secondary N) is 1. The van der Waals surface area contributed by atoms with E-state index in [0.29, 0.717) is 11.5 Å². The molecule has 1 unspecified atom stereocenters. The number of anilines is 1. The van der Waals surface area contributed by atoms with E-state index in [0.717, 1.165) is 36.6 Å². The van der Waals surface area contributed by atoms with Crippen molar-refractivity contribution in [3.63, 3.8) is 0 Å². The number of carbonyl (C=O) groups is 1. The zero-order valence-corrected chi connectivity index (χ0v) is 17.4. The molecule has 1 heterocycles. The maximum atomic E-state index is 12.8. The average Bonchev–Trinajstić information content (AvgIpc) is 3.25. The van der Waals surface area contributed by atoms with Gasteiger partial charge in [-0.3, -0.25) is 4.79 Å². The van der Waals surface area contributed by atoms with Gasteiger partial charge in [0, 0.05) is 17.4 Å². The Hall–Kier alpha value is -1.55. The van der Waals surface area contributed by atoms with Crippen molar-refractivity contribution in [2.45, 2.75) is 75.7 Å². The number of hydrogen-bond donors (Lipinski definition) is 1. The summed E-state index contributed by atoms with van der Waals surface area (Å²) >= 11 is 0. The summed E-state index contributed by atoms with van der Waals surface area (Å²) in [6.07, 6.45) is 12.2. The van der Waals surface area contributed by atoms with Crippen molar-refractivity contribution in [3.8, 4) is 5.75 Å². The van der Waals surface area contributed by atoms with Gasteiger partial charge >= 0.3 is 0 Å². The monoisotopic (exact) mass is 382 g/mol. The smallest absolute Gasteiger partial charge is 0.227 e. The molecule has 0 aromatic heterocycles. The summed E-state index contributed by atoms with van der Waals surface area (Å²) in [5, 5.41) is 3.22. The van der Waals surface area contributed by atoms with Gasteiger partial charge in [-0.15, -0.1) is 0 Å². The van der Waals surface area contributed by atoms with E-state index in [4.69, 9.17) is 4.74 Å². The normalized spacial score (nSPS) is 32.5. The molecular weight excluding hydrogens is 348 g/mol. The van der Waals surface area contributed by atoms with Crippen LogP contribution in [0.2, 0.25) is 0 Å². The van der Waals surface area contributed by atoms with Crippen LogP contribution in [0.5, 0.6) is 5.75 Å². The number of likely N-dealkylation sites (N-methyl/N-ethyl adjacent to an activating group) is 1.